The third-order valence-electron chi connectivity index (χ3n) is 5.83. The monoisotopic (exact) mass is 658 g/mol. The molecule has 0 saturated heterocycles. The fraction of sp³-hybridized carbons (Fsp3) is 0.333. The van der Waals surface area contributed by atoms with Crippen molar-refractivity contribution in [3.63, 3.8) is 0 Å². The molecule has 0 unspecified atom stereocenters. The number of benzene rings is 2. The number of hydrogen-bond donors (Lipinski definition) is 0. The molecule has 0 atom stereocenters. The maximum Gasteiger partial charge on any atom is 0.344 e. The Hall–Kier alpha value is -3.04. The van der Waals surface area contributed by atoms with Crippen molar-refractivity contribution in [2.24, 2.45) is 0 Å². The number of unbranched alkanes of at least 4 members (excludes halogenated alkanes) is 1. The topological polar surface area (TPSA) is 105 Å². The van der Waals surface area contributed by atoms with Crippen molar-refractivity contribution < 1.29 is 38.1 Å². The van der Waals surface area contributed by atoms with E-state index in [1.807, 2.05) is 0 Å². The van der Waals surface area contributed by atoms with Gasteiger partial charge in [-0.15, -0.1) is 0 Å². The number of ether oxygens (including phenoxy) is 4. The molecule has 0 aliphatic carbocycles. The summed E-state index contributed by atoms with van der Waals surface area (Å²) < 4.78 is 21.0. The zero-order valence-corrected chi connectivity index (χ0v) is 26.2. The van der Waals surface area contributed by atoms with Crippen LogP contribution >= 0.6 is 46.4 Å². The van der Waals surface area contributed by atoms with E-state index in [0.717, 1.165) is 0 Å². The number of halogens is 4. The standard InChI is InChI=1S/C30H30Cl4O8/c1-5-17(3)29(37)19-9-11-21(27(33)25(19)31)41-15-23(35)39-13-7-8-14-40-24(36)16-42-22-12-10-20(26(32)28(22)34)30(38)18(4)6-2/h9-12H,3-8,13-16H2,1-2H3. The van der Waals surface area contributed by atoms with Gasteiger partial charge >= 0.3 is 11.9 Å². The van der Waals surface area contributed by atoms with Gasteiger partial charge in [0.05, 0.1) is 23.3 Å². The van der Waals surface area contributed by atoms with E-state index < -0.39 is 25.2 Å². The van der Waals surface area contributed by atoms with Crippen molar-refractivity contribution in [1.29, 1.82) is 0 Å². The normalized spacial score (nSPS) is 10.5. The smallest absolute Gasteiger partial charge is 0.344 e. The van der Waals surface area contributed by atoms with Crippen molar-refractivity contribution in [2.75, 3.05) is 26.4 Å². The summed E-state index contributed by atoms with van der Waals surface area (Å²) in [5.41, 5.74) is 1.17. The van der Waals surface area contributed by atoms with Gasteiger partial charge in [-0.3, -0.25) is 9.59 Å². The summed E-state index contributed by atoms with van der Waals surface area (Å²) in [5, 5.41) is 0.0244. The molecule has 42 heavy (non-hydrogen) atoms. The van der Waals surface area contributed by atoms with Crippen LogP contribution in [0, 0.1) is 0 Å². The van der Waals surface area contributed by atoms with Gasteiger partial charge in [0.15, 0.2) is 24.8 Å². The molecule has 8 nitrogen and oxygen atoms in total. The molecule has 0 bridgehead atoms. The molecule has 0 radical (unpaired) electrons. The van der Waals surface area contributed by atoms with Crippen LogP contribution in [0.5, 0.6) is 11.5 Å². The van der Waals surface area contributed by atoms with E-state index in [-0.39, 0.29) is 67.5 Å². The van der Waals surface area contributed by atoms with Crippen LogP contribution in [-0.2, 0) is 19.1 Å². The molecule has 0 heterocycles. The molecule has 0 amide bonds. The third-order valence-corrected chi connectivity index (χ3v) is 7.56. The van der Waals surface area contributed by atoms with Gasteiger partial charge < -0.3 is 18.9 Å². The predicted molar refractivity (Wildman–Crippen MR) is 163 cm³/mol. The Balaban J connectivity index is 1.68. The maximum absolute atomic E-state index is 12.3. The number of carbonyl (C=O) groups is 4. The second kappa shape index (κ2) is 17.2. The summed E-state index contributed by atoms with van der Waals surface area (Å²) in [6.45, 7) is 10.3. The van der Waals surface area contributed by atoms with Crippen molar-refractivity contribution >= 4 is 69.9 Å². The van der Waals surface area contributed by atoms with E-state index in [4.69, 9.17) is 65.4 Å². The molecule has 0 spiro atoms. The Labute approximate surface area is 264 Å². The molecule has 2 aromatic rings. The van der Waals surface area contributed by atoms with E-state index in [9.17, 15) is 19.2 Å². The number of hydrogen-bond acceptors (Lipinski definition) is 8. The number of carbonyl (C=O) groups excluding carboxylic acids is 4. The average molecular weight is 660 g/mol. The number of esters is 2. The molecule has 0 N–H and O–H groups in total. The van der Waals surface area contributed by atoms with Gasteiger partial charge in [-0.05, 0) is 61.1 Å². The lowest BCUT2D eigenvalue weighted by Gasteiger charge is -2.12. The number of Topliss-reactive ketones (excluding diaryl/α,β-unsaturated/α-hetero) is 2. The molecule has 0 aliphatic heterocycles. The molecule has 226 valence electrons. The average Bonchev–Trinajstić information content (AvgIpc) is 2.98. The van der Waals surface area contributed by atoms with Crippen LogP contribution in [-0.4, -0.2) is 49.9 Å². The summed E-state index contributed by atoms with van der Waals surface area (Å²) in [4.78, 5) is 48.6. The Morgan fingerprint density at radius 1 is 0.619 bits per heavy atom. The van der Waals surface area contributed by atoms with Crippen molar-refractivity contribution in [1.82, 2.24) is 0 Å². The summed E-state index contributed by atoms with van der Waals surface area (Å²) in [6, 6.07) is 5.80. The first-order valence-corrected chi connectivity index (χ1v) is 14.4. The minimum atomic E-state index is -0.644. The van der Waals surface area contributed by atoms with Crippen LogP contribution in [0.2, 0.25) is 20.1 Å². The SMILES string of the molecule is C=C(CC)C(=O)c1ccc(OCC(=O)OCCCCOC(=O)COc2ccc(C(=O)C(=C)CC)c(Cl)c2Cl)c(Cl)c1Cl. The van der Waals surface area contributed by atoms with E-state index in [1.54, 1.807) is 13.8 Å². The maximum atomic E-state index is 12.3. The van der Waals surface area contributed by atoms with E-state index >= 15 is 0 Å². The van der Waals surface area contributed by atoms with E-state index in [0.29, 0.717) is 36.8 Å². The zero-order valence-electron chi connectivity index (χ0n) is 23.2. The first-order valence-electron chi connectivity index (χ1n) is 12.9. The number of ketones is 2. The summed E-state index contributed by atoms with van der Waals surface area (Å²) in [6.07, 6.45) is 1.78. The van der Waals surface area contributed by atoms with Crippen LogP contribution in [0.1, 0.15) is 60.2 Å². The molecular weight excluding hydrogens is 630 g/mol. The fourth-order valence-corrected chi connectivity index (χ4v) is 4.19. The molecule has 0 aliphatic rings. The molecule has 2 rings (SSSR count). The lowest BCUT2D eigenvalue weighted by molar-refractivity contribution is -0.148. The van der Waals surface area contributed by atoms with Gasteiger partial charge in [0.1, 0.15) is 21.5 Å². The lowest BCUT2D eigenvalue weighted by atomic mass is 10.0. The van der Waals surface area contributed by atoms with Gasteiger partial charge in [-0.25, -0.2) is 9.59 Å². The van der Waals surface area contributed by atoms with Gasteiger partial charge in [0.25, 0.3) is 0 Å². The minimum Gasteiger partial charge on any atom is -0.480 e. The molecule has 2 aromatic carbocycles. The van der Waals surface area contributed by atoms with Crippen LogP contribution in [0.15, 0.2) is 48.6 Å². The lowest BCUT2D eigenvalue weighted by Crippen LogP contribution is -2.17. The first-order chi connectivity index (χ1) is 19.9. The van der Waals surface area contributed by atoms with Gasteiger partial charge in [-0.1, -0.05) is 73.4 Å². The van der Waals surface area contributed by atoms with Gasteiger partial charge in [-0.2, -0.15) is 0 Å². The molecular formula is C30H30Cl4O8. The predicted octanol–water partition coefficient (Wildman–Crippen LogP) is 7.92. The molecule has 0 saturated carbocycles. The Kier molecular flexibility index (Phi) is 14.4. The highest BCUT2D eigenvalue weighted by Crippen LogP contribution is 2.37. The highest BCUT2D eigenvalue weighted by molar-refractivity contribution is 6.46. The summed E-state index contributed by atoms with van der Waals surface area (Å²) in [7, 11) is 0. The molecule has 0 fully saturated rings. The second-order valence-corrected chi connectivity index (χ2v) is 10.3. The quantitative estimate of drug-likeness (QED) is 0.0730. The Bertz CT molecular complexity index is 1270. The highest BCUT2D eigenvalue weighted by Gasteiger charge is 2.20. The van der Waals surface area contributed by atoms with E-state index in [2.05, 4.69) is 13.2 Å². The van der Waals surface area contributed by atoms with Gasteiger partial charge in [0.2, 0.25) is 0 Å². The van der Waals surface area contributed by atoms with Crippen molar-refractivity contribution in [3.05, 3.63) is 79.8 Å². The minimum absolute atomic E-state index is 0.000702. The molecule has 12 heteroatoms. The van der Waals surface area contributed by atoms with Crippen LogP contribution in [0.3, 0.4) is 0 Å². The third kappa shape index (κ3) is 9.76. The van der Waals surface area contributed by atoms with E-state index in [1.165, 1.54) is 24.3 Å². The zero-order chi connectivity index (χ0) is 31.4. The highest BCUT2D eigenvalue weighted by atomic mass is 35.5. The van der Waals surface area contributed by atoms with Gasteiger partial charge in [0, 0.05) is 11.1 Å². The summed E-state index contributed by atoms with van der Waals surface area (Å²) >= 11 is 24.8. The van der Waals surface area contributed by atoms with Crippen molar-refractivity contribution in [2.45, 2.75) is 39.5 Å². The second-order valence-electron chi connectivity index (χ2n) is 8.78. The Morgan fingerprint density at radius 2 is 0.976 bits per heavy atom. The van der Waals surface area contributed by atoms with Crippen LogP contribution < -0.4 is 9.47 Å². The van der Waals surface area contributed by atoms with Crippen molar-refractivity contribution in [3.8, 4) is 11.5 Å². The summed E-state index contributed by atoms with van der Waals surface area (Å²) in [5.74, 6) is -1.67. The fourth-order valence-electron chi connectivity index (χ4n) is 3.27. The Morgan fingerprint density at radius 3 is 1.31 bits per heavy atom. The van der Waals surface area contributed by atoms with Crippen LogP contribution in [0.4, 0.5) is 0 Å². The molecule has 0 aromatic heterocycles. The number of allylic oxidation sites excluding steroid dienone is 2. The van der Waals surface area contributed by atoms with Crippen LogP contribution in [0.25, 0.3) is 0 Å². The first kappa shape index (κ1) is 35.2. The largest absolute Gasteiger partial charge is 0.480 e. The number of rotatable bonds is 17.